The van der Waals surface area contributed by atoms with Crippen LogP contribution in [0.15, 0.2) is 16.6 Å². The maximum Gasteiger partial charge on any atom is 0.286 e. The molecule has 0 bridgehead atoms. The summed E-state index contributed by atoms with van der Waals surface area (Å²) in [6.07, 6.45) is 1.32. The van der Waals surface area contributed by atoms with E-state index in [4.69, 9.17) is 5.73 Å². The number of rotatable bonds is 7. The quantitative estimate of drug-likeness (QED) is 0.533. The lowest BCUT2D eigenvalue weighted by atomic mass is 10.2. The minimum Gasteiger partial charge on any atom is -0.383 e. The fraction of sp³-hybridized carbons (Fsp3) is 0.474. The van der Waals surface area contributed by atoms with Crippen LogP contribution in [0.5, 0.6) is 0 Å². The van der Waals surface area contributed by atoms with Crippen LogP contribution in [0.3, 0.4) is 0 Å². The fourth-order valence-electron chi connectivity index (χ4n) is 1.95. The lowest BCUT2D eigenvalue weighted by Gasteiger charge is -2.08. The fourth-order valence-corrected chi connectivity index (χ4v) is 4.47. The van der Waals surface area contributed by atoms with Crippen molar-refractivity contribution in [3.63, 3.8) is 0 Å². The molecule has 1 heterocycles. The number of carbonyl (C=O) groups is 3. The average molecular weight is 422 g/mol. The van der Waals surface area contributed by atoms with Gasteiger partial charge in [-0.3, -0.25) is 14.4 Å². The Balaban J connectivity index is 3.27. The van der Waals surface area contributed by atoms with Crippen molar-refractivity contribution in [3.8, 4) is 11.5 Å². The van der Waals surface area contributed by atoms with Crippen LogP contribution >= 0.6 is 0 Å². The van der Waals surface area contributed by atoms with Gasteiger partial charge in [0.25, 0.3) is 5.91 Å². The van der Waals surface area contributed by atoms with Crippen molar-refractivity contribution in [2.75, 3.05) is 17.2 Å². The van der Waals surface area contributed by atoms with Gasteiger partial charge in [0.2, 0.25) is 0 Å². The Morgan fingerprint density at radius 3 is 2.14 bits per heavy atom. The predicted molar refractivity (Wildman–Crippen MR) is 114 cm³/mol. The van der Waals surface area contributed by atoms with Crippen LogP contribution in [0.25, 0.3) is 0 Å². The summed E-state index contributed by atoms with van der Waals surface area (Å²) < 4.78 is 16.9. The van der Waals surface area contributed by atoms with E-state index in [1.165, 1.54) is 26.1 Å². The molecule has 9 heteroatoms. The van der Waals surface area contributed by atoms with E-state index in [2.05, 4.69) is 40.5 Å². The van der Waals surface area contributed by atoms with Crippen molar-refractivity contribution >= 4 is 41.1 Å². The van der Waals surface area contributed by atoms with Gasteiger partial charge in [0.1, 0.15) is 25.5 Å². The third-order valence-corrected chi connectivity index (χ3v) is 6.59. The first-order valence-electron chi connectivity index (χ1n) is 8.86. The highest BCUT2D eigenvalue weighted by Gasteiger charge is 2.17. The summed E-state index contributed by atoms with van der Waals surface area (Å²) in [4.78, 5) is 39.1. The molecule has 1 amide bonds. The first kappa shape index (κ1) is 23.7. The minimum atomic E-state index is -3.04. The number of nitrogen functional groups attached to an aromatic ring is 1. The molecule has 0 aliphatic rings. The Kier molecular flexibility index (Phi) is 8.26. The molecule has 0 aliphatic heterocycles. The van der Waals surface area contributed by atoms with E-state index in [0.717, 1.165) is 0 Å². The molecule has 1 aromatic heterocycles. The summed E-state index contributed by atoms with van der Waals surface area (Å²) in [5.74, 6) is 2.00. The second kappa shape index (κ2) is 9.75. The lowest BCUT2D eigenvalue weighted by molar-refractivity contribution is -0.117. The topological polar surface area (TPSA) is 120 Å². The zero-order chi connectivity index (χ0) is 21.5. The molecule has 0 aliphatic carbocycles. The summed E-state index contributed by atoms with van der Waals surface area (Å²) in [7, 11) is -4.69. The van der Waals surface area contributed by atoms with Crippen LogP contribution in [0, 0.1) is 11.5 Å². The van der Waals surface area contributed by atoms with Gasteiger partial charge in [0, 0.05) is 30.5 Å². The van der Waals surface area contributed by atoms with Gasteiger partial charge in [-0.25, -0.2) is 9.19 Å². The van der Waals surface area contributed by atoms with Crippen molar-refractivity contribution < 1.29 is 18.6 Å². The standard InChI is InChI=1S/C19H27N3O4SSi/c1-14(23)6-9-27(26,10-7-15(2)24)22-19(25)17-12-16(18(20)21-13-17)8-11-28(3,4)5/h12-13H,6-7,9-10H2,1-5H3,(H2,20,21). The van der Waals surface area contributed by atoms with E-state index >= 15 is 0 Å². The zero-order valence-corrected chi connectivity index (χ0v) is 18.8. The number of amides is 1. The Labute approximate surface area is 167 Å². The predicted octanol–water partition coefficient (Wildman–Crippen LogP) is 2.46. The van der Waals surface area contributed by atoms with Gasteiger partial charge in [-0.05, 0) is 19.9 Å². The molecule has 152 valence electrons. The van der Waals surface area contributed by atoms with Crippen LogP contribution in [0.1, 0.15) is 42.6 Å². The molecule has 28 heavy (non-hydrogen) atoms. The third kappa shape index (κ3) is 8.58. The first-order valence-corrected chi connectivity index (χ1v) is 14.2. The van der Waals surface area contributed by atoms with E-state index in [0.29, 0.717) is 5.56 Å². The van der Waals surface area contributed by atoms with Crippen LogP contribution < -0.4 is 5.73 Å². The third-order valence-electron chi connectivity index (χ3n) is 3.53. The first-order chi connectivity index (χ1) is 12.8. The van der Waals surface area contributed by atoms with E-state index in [1.807, 2.05) is 0 Å². The van der Waals surface area contributed by atoms with E-state index in [-0.39, 0.29) is 47.3 Å². The second-order valence-corrected chi connectivity index (χ2v) is 14.9. The number of hydrogen-bond acceptors (Lipinski definition) is 6. The van der Waals surface area contributed by atoms with Gasteiger partial charge in [-0.2, -0.15) is 4.36 Å². The maximum atomic E-state index is 13.0. The second-order valence-electron chi connectivity index (χ2n) is 7.64. The van der Waals surface area contributed by atoms with Gasteiger partial charge < -0.3 is 5.73 Å². The van der Waals surface area contributed by atoms with Crippen molar-refractivity contribution in [2.24, 2.45) is 4.36 Å². The summed E-state index contributed by atoms with van der Waals surface area (Å²) in [5, 5.41) is 0. The van der Waals surface area contributed by atoms with Gasteiger partial charge in [-0.1, -0.05) is 25.6 Å². The highest BCUT2D eigenvalue weighted by molar-refractivity contribution is 7.93. The van der Waals surface area contributed by atoms with Crippen molar-refractivity contribution in [2.45, 2.75) is 46.3 Å². The summed E-state index contributed by atoms with van der Waals surface area (Å²) in [6, 6.07) is 1.48. The normalized spacial score (nSPS) is 11.3. The smallest absolute Gasteiger partial charge is 0.286 e. The van der Waals surface area contributed by atoms with Crippen LogP contribution in [0.4, 0.5) is 5.82 Å². The minimum absolute atomic E-state index is 0.0282. The van der Waals surface area contributed by atoms with Crippen LogP contribution in [-0.4, -0.2) is 46.2 Å². The molecule has 0 spiro atoms. The average Bonchev–Trinajstić information content (AvgIpc) is 2.57. The van der Waals surface area contributed by atoms with E-state index < -0.39 is 23.7 Å². The molecule has 7 nitrogen and oxygen atoms in total. The summed E-state index contributed by atoms with van der Waals surface area (Å²) in [6.45, 7) is 8.98. The molecule has 1 rings (SSSR count). The van der Waals surface area contributed by atoms with Gasteiger partial charge in [-0.15, -0.1) is 5.54 Å². The number of nitrogens with zero attached hydrogens (tertiary/aromatic N) is 2. The highest BCUT2D eigenvalue weighted by atomic mass is 32.2. The number of hydrogen-bond donors (Lipinski definition) is 1. The number of Topliss-reactive ketones (excluding diaryl/α,β-unsaturated/α-hetero) is 2. The van der Waals surface area contributed by atoms with E-state index in [1.54, 1.807) is 0 Å². The Hall–Kier alpha value is -2.31. The van der Waals surface area contributed by atoms with E-state index in [9.17, 15) is 18.6 Å². The molecule has 0 unspecified atom stereocenters. The number of anilines is 1. The zero-order valence-electron chi connectivity index (χ0n) is 17.0. The molecule has 0 aromatic carbocycles. The maximum absolute atomic E-state index is 13.0. The molecule has 1 aromatic rings. The number of aromatic nitrogens is 1. The molecule has 0 atom stereocenters. The molecule has 0 saturated heterocycles. The molecular weight excluding hydrogens is 394 g/mol. The van der Waals surface area contributed by atoms with Gasteiger partial charge >= 0.3 is 0 Å². The van der Waals surface area contributed by atoms with Crippen LogP contribution in [0.2, 0.25) is 19.6 Å². The lowest BCUT2D eigenvalue weighted by Crippen LogP contribution is -2.17. The Morgan fingerprint density at radius 2 is 1.68 bits per heavy atom. The van der Waals surface area contributed by atoms with Crippen LogP contribution in [-0.2, 0) is 19.3 Å². The molecule has 0 radical (unpaired) electrons. The summed E-state index contributed by atoms with van der Waals surface area (Å²) >= 11 is 0. The van der Waals surface area contributed by atoms with Crippen molar-refractivity contribution in [1.29, 1.82) is 0 Å². The SMILES string of the molecule is CC(=O)CCS(=O)(CCC(C)=O)=NC(=O)c1cnc(N)c(C#C[Si](C)(C)C)c1. The van der Waals surface area contributed by atoms with Crippen molar-refractivity contribution in [3.05, 3.63) is 23.4 Å². The molecule has 0 saturated carbocycles. The number of nitrogens with two attached hydrogens (primary N) is 1. The van der Waals surface area contributed by atoms with Crippen molar-refractivity contribution in [1.82, 2.24) is 4.98 Å². The number of pyridine rings is 1. The Bertz CT molecular complexity index is 938. The number of ketones is 2. The Morgan fingerprint density at radius 1 is 1.14 bits per heavy atom. The van der Waals surface area contributed by atoms with Gasteiger partial charge in [0.05, 0.1) is 20.9 Å². The molecule has 0 fully saturated rings. The molecule has 2 N–H and O–H groups in total. The van der Waals surface area contributed by atoms with Gasteiger partial charge in [0.15, 0.2) is 0 Å². The largest absolute Gasteiger partial charge is 0.383 e. The highest BCUT2D eigenvalue weighted by Crippen LogP contribution is 2.13. The molecular formula is C19H27N3O4SSi. The summed E-state index contributed by atoms with van der Waals surface area (Å²) in [5.41, 5.74) is 9.53. The number of carbonyl (C=O) groups excluding carboxylic acids is 3. The monoisotopic (exact) mass is 421 g/mol.